The van der Waals surface area contributed by atoms with Gasteiger partial charge in [-0.2, -0.15) is 0 Å². The number of rotatable bonds is 2. The third kappa shape index (κ3) is 1.57. The minimum absolute atomic E-state index is 0.0202. The van der Waals surface area contributed by atoms with Crippen LogP contribution in [0.4, 0.5) is 0 Å². The number of hydrogen-bond donors (Lipinski definition) is 0. The number of methoxy groups -OCH3 is 1. The van der Waals surface area contributed by atoms with Crippen LogP contribution >= 0.6 is 0 Å². The van der Waals surface area contributed by atoms with E-state index in [-0.39, 0.29) is 5.91 Å². The predicted molar refractivity (Wildman–Crippen MR) is 65.2 cm³/mol. The van der Waals surface area contributed by atoms with E-state index in [4.69, 9.17) is 4.74 Å². The first-order valence-corrected chi connectivity index (χ1v) is 6.21. The molecule has 0 spiro atoms. The van der Waals surface area contributed by atoms with Crippen molar-refractivity contribution in [3.05, 3.63) is 17.8 Å². The molecular formula is C13H17N3O2. The van der Waals surface area contributed by atoms with Crippen LogP contribution in [0.2, 0.25) is 0 Å². The maximum Gasteiger partial charge on any atom is 0.274 e. The van der Waals surface area contributed by atoms with Crippen molar-refractivity contribution in [2.75, 3.05) is 20.2 Å². The summed E-state index contributed by atoms with van der Waals surface area (Å²) in [6, 6.07) is 3.34. The third-order valence-corrected chi connectivity index (χ3v) is 4.48. The van der Waals surface area contributed by atoms with E-state index >= 15 is 0 Å². The van der Waals surface area contributed by atoms with Crippen LogP contribution < -0.4 is 4.74 Å². The third-order valence-electron chi connectivity index (χ3n) is 4.48. The first kappa shape index (κ1) is 11.4. The first-order valence-electron chi connectivity index (χ1n) is 6.21. The Morgan fingerprint density at radius 2 is 2.00 bits per heavy atom. The molecule has 18 heavy (non-hydrogen) atoms. The van der Waals surface area contributed by atoms with Gasteiger partial charge < -0.3 is 9.64 Å². The molecule has 2 heterocycles. The van der Waals surface area contributed by atoms with Crippen molar-refractivity contribution in [1.29, 1.82) is 0 Å². The van der Waals surface area contributed by atoms with E-state index in [1.54, 1.807) is 12.1 Å². The molecule has 0 unspecified atom stereocenters. The lowest BCUT2D eigenvalue weighted by Crippen LogP contribution is -2.33. The minimum atomic E-state index is -0.0202. The van der Waals surface area contributed by atoms with Gasteiger partial charge in [0.1, 0.15) is 0 Å². The zero-order valence-electron chi connectivity index (χ0n) is 10.9. The standard InChI is InChI=1S/C13H17N3O2/c1-13(2)8-6-16(7-9(8)13)12(17)10-4-5-11(18-3)15-14-10/h4-5,8-9H,6-7H2,1-3H3/t8-,9-/m1/s1. The summed E-state index contributed by atoms with van der Waals surface area (Å²) in [6.07, 6.45) is 0. The van der Waals surface area contributed by atoms with Crippen LogP contribution in [-0.2, 0) is 0 Å². The number of ether oxygens (including phenoxy) is 1. The number of hydrogen-bond acceptors (Lipinski definition) is 4. The number of likely N-dealkylation sites (tertiary alicyclic amines) is 1. The molecule has 1 aliphatic carbocycles. The van der Waals surface area contributed by atoms with E-state index in [1.165, 1.54) is 7.11 Å². The lowest BCUT2D eigenvalue weighted by molar-refractivity contribution is 0.0751. The summed E-state index contributed by atoms with van der Waals surface area (Å²) in [6.45, 7) is 6.25. The summed E-state index contributed by atoms with van der Waals surface area (Å²) < 4.78 is 4.93. The van der Waals surface area contributed by atoms with Gasteiger partial charge in [-0.3, -0.25) is 4.79 Å². The zero-order chi connectivity index (χ0) is 12.9. The number of nitrogens with zero attached hydrogens (tertiary/aromatic N) is 3. The summed E-state index contributed by atoms with van der Waals surface area (Å²) in [5.41, 5.74) is 0.817. The Labute approximate surface area is 106 Å². The second-order valence-corrected chi connectivity index (χ2v) is 5.71. The van der Waals surface area contributed by atoms with E-state index in [1.807, 2.05) is 4.90 Å². The van der Waals surface area contributed by atoms with Gasteiger partial charge in [0.15, 0.2) is 5.69 Å². The van der Waals surface area contributed by atoms with Crippen LogP contribution in [0.15, 0.2) is 12.1 Å². The van der Waals surface area contributed by atoms with Crippen LogP contribution in [-0.4, -0.2) is 41.2 Å². The van der Waals surface area contributed by atoms with E-state index in [2.05, 4.69) is 24.0 Å². The second-order valence-electron chi connectivity index (χ2n) is 5.71. The van der Waals surface area contributed by atoms with Gasteiger partial charge in [-0.05, 0) is 23.3 Å². The van der Waals surface area contributed by atoms with E-state index in [9.17, 15) is 4.79 Å². The summed E-state index contributed by atoms with van der Waals surface area (Å²) in [5, 5.41) is 7.73. The average molecular weight is 247 g/mol. The molecule has 2 fully saturated rings. The van der Waals surface area contributed by atoms with E-state index < -0.39 is 0 Å². The molecule has 0 radical (unpaired) electrons. The lowest BCUT2D eigenvalue weighted by Gasteiger charge is -2.21. The van der Waals surface area contributed by atoms with Crippen LogP contribution in [0.3, 0.4) is 0 Å². The van der Waals surface area contributed by atoms with Crippen LogP contribution in [0.5, 0.6) is 5.88 Å². The van der Waals surface area contributed by atoms with Crippen LogP contribution in [0, 0.1) is 17.3 Å². The normalized spacial score (nSPS) is 27.8. The summed E-state index contributed by atoms with van der Waals surface area (Å²) in [5.74, 6) is 1.73. The van der Waals surface area contributed by atoms with Gasteiger partial charge in [0.05, 0.1) is 7.11 Å². The number of carbonyl (C=O) groups excluding carboxylic acids is 1. The minimum Gasteiger partial charge on any atom is -0.480 e. The van der Waals surface area contributed by atoms with Gasteiger partial charge in [0, 0.05) is 19.2 Å². The Balaban J connectivity index is 1.69. The van der Waals surface area contributed by atoms with Crippen molar-refractivity contribution in [3.63, 3.8) is 0 Å². The highest BCUT2D eigenvalue weighted by Gasteiger charge is 2.62. The molecule has 1 amide bonds. The molecule has 5 heteroatoms. The fourth-order valence-electron chi connectivity index (χ4n) is 3.00. The molecule has 2 atom stereocenters. The highest BCUT2D eigenvalue weighted by atomic mass is 16.5. The number of piperidine rings is 1. The zero-order valence-corrected chi connectivity index (χ0v) is 10.9. The molecule has 1 aromatic heterocycles. The van der Waals surface area contributed by atoms with Crippen molar-refractivity contribution in [1.82, 2.24) is 15.1 Å². The SMILES string of the molecule is COc1ccc(C(=O)N2C[C@@H]3[C@@H](C2)C3(C)C)nn1. The Kier molecular flexibility index (Phi) is 2.33. The highest BCUT2D eigenvalue weighted by Crippen LogP contribution is 2.61. The molecular weight excluding hydrogens is 230 g/mol. The number of amides is 1. The molecule has 0 aromatic carbocycles. The largest absolute Gasteiger partial charge is 0.480 e. The maximum atomic E-state index is 12.2. The number of fused-ring (bicyclic) bond motifs is 1. The van der Waals surface area contributed by atoms with Crippen molar-refractivity contribution in [3.8, 4) is 5.88 Å². The van der Waals surface area contributed by atoms with E-state index in [0.717, 1.165) is 13.1 Å². The summed E-state index contributed by atoms with van der Waals surface area (Å²) in [4.78, 5) is 14.1. The lowest BCUT2D eigenvalue weighted by atomic mass is 10.1. The Hall–Kier alpha value is -1.65. The summed E-state index contributed by atoms with van der Waals surface area (Å²) in [7, 11) is 1.53. The molecule has 96 valence electrons. The molecule has 5 nitrogen and oxygen atoms in total. The van der Waals surface area contributed by atoms with E-state index in [0.29, 0.717) is 28.8 Å². The fraction of sp³-hybridized carbons (Fsp3) is 0.615. The summed E-state index contributed by atoms with van der Waals surface area (Å²) >= 11 is 0. The Morgan fingerprint density at radius 3 is 2.50 bits per heavy atom. The van der Waals surface area contributed by atoms with Crippen molar-refractivity contribution in [2.24, 2.45) is 17.3 Å². The van der Waals surface area contributed by atoms with Crippen molar-refractivity contribution >= 4 is 5.91 Å². The molecule has 3 rings (SSSR count). The Bertz CT molecular complexity index is 470. The number of aromatic nitrogens is 2. The van der Waals surface area contributed by atoms with Gasteiger partial charge in [0.2, 0.25) is 5.88 Å². The van der Waals surface area contributed by atoms with Gasteiger partial charge in [-0.25, -0.2) is 0 Å². The molecule has 1 aromatic rings. The van der Waals surface area contributed by atoms with Crippen molar-refractivity contribution < 1.29 is 9.53 Å². The smallest absolute Gasteiger partial charge is 0.274 e. The Morgan fingerprint density at radius 1 is 1.33 bits per heavy atom. The van der Waals surface area contributed by atoms with Crippen molar-refractivity contribution in [2.45, 2.75) is 13.8 Å². The van der Waals surface area contributed by atoms with Crippen LogP contribution in [0.25, 0.3) is 0 Å². The molecule has 0 N–H and O–H groups in total. The maximum absolute atomic E-state index is 12.2. The quantitative estimate of drug-likeness (QED) is 0.788. The fourth-order valence-corrected chi connectivity index (χ4v) is 3.00. The average Bonchev–Trinajstić information content (AvgIpc) is 2.78. The topological polar surface area (TPSA) is 55.3 Å². The van der Waals surface area contributed by atoms with Gasteiger partial charge in [0.25, 0.3) is 5.91 Å². The van der Waals surface area contributed by atoms with Crippen LogP contribution in [0.1, 0.15) is 24.3 Å². The van der Waals surface area contributed by atoms with Gasteiger partial charge in [-0.15, -0.1) is 10.2 Å². The monoisotopic (exact) mass is 247 g/mol. The highest BCUT2D eigenvalue weighted by molar-refractivity contribution is 5.92. The first-order chi connectivity index (χ1) is 8.54. The van der Waals surface area contributed by atoms with Gasteiger partial charge >= 0.3 is 0 Å². The molecule has 1 aliphatic heterocycles. The molecule has 0 bridgehead atoms. The van der Waals surface area contributed by atoms with Gasteiger partial charge in [-0.1, -0.05) is 13.8 Å². The second kappa shape index (κ2) is 3.67. The molecule has 2 aliphatic rings. The molecule has 1 saturated carbocycles. The predicted octanol–water partition coefficient (Wildman–Crippen LogP) is 1.21. The number of carbonyl (C=O) groups is 1. The molecule has 1 saturated heterocycles.